The summed E-state index contributed by atoms with van der Waals surface area (Å²) in [6, 6.07) is 1.92. The molecule has 2 aromatic rings. The summed E-state index contributed by atoms with van der Waals surface area (Å²) in [6.07, 6.45) is 10.1. The highest BCUT2D eigenvalue weighted by Crippen LogP contribution is 2.48. The summed E-state index contributed by atoms with van der Waals surface area (Å²) in [5.41, 5.74) is 2.26. The predicted molar refractivity (Wildman–Crippen MR) is 166 cm³/mol. The number of aromatic nitrogens is 2. The molecule has 246 valence electrons. The van der Waals surface area contributed by atoms with E-state index in [1.165, 1.54) is 0 Å². The number of likely N-dealkylation sites (tertiary alicyclic amines) is 2. The number of carbonyl (C=O) groups is 3. The molecular formula is C33H46F2N6O4. The van der Waals surface area contributed by atoms with E-state index in [1.807, 2.05) is 6.07 Å². The van der Waals surface area contributed by atoms with E-state index in [2.05, 4.69) is 27.9 Å². The zero-order chi connectivity index (χ0) is 32.1. The second kappa shape index (κ2) is 11.8. The van der Waals surface area contributed by atoms with Crippen LogP contribution in [0.4, 0.5) is 24.1 Å². The number of nitrogens with zero attached hydrogens (tertiary/aromatic N) is 5. The molecule has 1 aliphatic carbocycles. The molecule has 4 amide bonds. The maximum Gasteiger partial charge on any atom is 0.410 e. The third-order valence-corrected chi connectivity index (χ3v) is 10.4. The van der Waals surface area contributed by atoms with Crippen molar-refractivity contribution in [2.24, 2.45) is 11.3 Å². The number of amides is 4. The number of urea groups is 1. The standard InChI is InChI=1S/C33H46F2N6O4/c1-22-19-41(28-26(22)17-25(18-36-28)40-14-8-27(42)37-29(40)43)24-5-9-32(10-6-24)11-15-38(16-12-32)20-23-7-13-39(21-33(23,34)35)30(44)45-31(2,3)4/h17-19,23-24H,5-16,20-21H2,1-4H3,(H,37,42,43). The SMILES string of the molecule is Cc1cn(C2CCC3(CC2)CCN(CC2CCN(C(=O)OC(C)(C)C)CC2(F)F)CC3)c2ncc(N3CCC(=O)NC3=O)cc12. The van der Waals surface area contributed by atoms with Crippen molar-refractivity contribution in [2.75, 3.05) is 44.2 Å². The molecule has 2 aromatic heterocycles. The van der Waals surface area contributed by atoms with Crippen molar-refractivity contribution in [1.29, 1.82) is 0 Å². The summed E-state index contributed by atoms with van der Waals surface area (Å²) in [7, 11) is 0. The summed E-state index contributed by atoms with van der Waals surface area (Å²) in [5.74, 6) is -3.95. The molecule has 4 fully saturated rings. The molecule has 1 N–H and O–H groups in total. The van der Waals surface area contributed by atoms with Crippen molar-refractivity contribution in [3.63, 3.8) is 0 Å². The number of anilines is 1. The van der Waals surface area contributed by atoms with Gasteiger partial charge in [0, 0.05) is 49.6 Å². The number of fused-ring (bicyclic) bond motifs is 1. The Morgan fingerprint density at radius 2 is 1.78 bits per heavy atom. The number of imide groups is 1. The molecule has 1 atom stereocenters. The van der Waals surface area contributed by atoms with E-state index in [4.69, 9.17) is 9.72 Å². The lowest BCUT2D eigenvalue weighted by atomic mass is 9.67. The second-order valence-corrected chi connectivity index (χ2v) is 14.7. The van der Waals surface area contributed by atoms with Crippen LogP contribution in [0.1, 0.15) is 83.7 Å². The van der Waals surface area contributed by atoms with Crippen LogP contribution in [0.15, 0.2) is 18.5 Å². The Morgan fingerprint density at radius 1 is 1.07 bits per heavy atom. The number of piperidine rings is 2. The van der Waals surface area contributed by atoms with Gasteiger partial charge in [0.05, 0.1) is 18.4 Å². The fraction of sp³-hybridized carbons (Fsp3) is 0.697. The zero-order valence-electron chi connectivity index (χ0n) is 26.9. The first-order valence-corrected chi connectivity index (χ1v) is 16.4. The van der Waals surface area contributed by atoms with Crippen LogP contribution in [0, 0.1) is 18.3 Å². The minimum absolute atomic E-state index is 0.257. The van der Waals surface area contributed by atoms with Crippen LogP contribution < -0.4 is 10.2 Å². The maximum atomic E-state index is 15.2. The van der Waals surface area contributed by atoms with Crippen LogP contribution >= 0.6 is 0 Å². The van der Waals surface area contributed by atoms with E-state index in [0.717, 1.165) is 73.1 Å². The van der Waals surface area contributed by atoms with Gasteiger partial charge in [0.1, 0.15) is 11.2 Å². The summed E-state index contributed by atoms with van der Waals surface area (Å²) in [4.78, 5) is 46.0. The summed E-state index contributed by atoms with van der Waals surface area (Å²) in [5, 5.41) is 3.39. The molecule has 1 saturated carbocycles. The first kappa shape index (κ1) is 31.7. The number of rotatable bonds is 4. The molecule has 1 spiro atoms. The largest absolute Gasteiger partial charge is 0.444 e. The molecule has 0 radical (unpaired) electrons. The monoisotopic (exact) mass is 628 g/mol. The van der Waals surface area contributed by atoms with Crippen LogP contribution in [0.3, 0.4) is 0 Å². The lowest BCUT2D eigenvalue weighted by Crippen LogP contribution is -2.55. The molecule has 6 rings (SSSR count). The third kappa shape index (κ3) is 6.66. The molecule has 1 unspecified atom stereocenters. The van der Waals surface area contributed by atoms with Crippen molar-refractivity contribution >= 4 is 34.8 Å². The van der Waals surface area contributed by atoms with Crippen molar-refractivity contribution < 1.29 is 27.9 Å². The van der Waals surface area contributed by atoms with Crippen molar-refractivity contribution in [2.45, 2.75) is 96.6 Å². The highest BCUT2D eigenvalue weighted by atomic mass is 19.3. The molecule has 5 heterocycles. The fourth-order valence-electron chi connectivity index (χ4n) is 7.73. The summed E-state index contributed by atoms with van der Waals surface area (Å²) >= 11 is 0. The molecular weight excluding hydrogens is 582 g/mol. The molecule has 12 heteroatoms. The van der Waals surface area contributed by atoms with E-state index in [1.54, 1.807) is 31.9 Å². The number of hydrogen-bond acceptors (Lipinski definition) is 6. The number of alkyl halides is 2. The quantitative estimate of drug-likeness (QED) is 0.454. The van der Waals surface area contributed by atoms with Gasteiger partial charge >= 0.3 is 12.1 Å². The van der Waals surface area contributed by atoms with Gasteiger partial charge in [-0.1, -0.05) is 0 Å². The van der Waals surface area contributed by atoms with Gasteiger partial charge < -0.3 is 19.1 Å². The van der Waals surface area contributed by atoms with Gasteiger partial charge in [-0.25, -0.2) is 23.4 Å². The summed E-state index contributed by atoms with van der Waals surface area (Å²) in [6.45, 7) is 9.38. The van der Waals surface area contributed by atoms with Crippen LogP contribution in [0.5, 0.6) is 0 Å². The third-order valence-electron chi connectivity index (χ3n) is 10.4. The number of halogens is 2. The smallest absolute Gasteiger partial charge is 0.410 e. The van der Waals surface area contributed by atoms with Gasteiger partial charge in [-0.2, -0.15) is 0 Å². The molecule has 0 aromatic carbocycles. The number of nitrogens with one attached hydrogen (secondary N) is 1. The van der Waals surface area contributed by atoms with Crippen LogP contribution in [-0.2, 0) is 9.53 Å². The van der Waals surface area contributed by atoms with Gasteiger partial charge in [0.2, 0.25) is 5.91 Å². The Hall–Kier alpha value is -3.28. The topological polar surface area (TPSA) is 100 Å². The number of carbonyl (C=O) groups excluding carboxylic acids is 3. The fourth-order valence-corrected chi connectivity index (χ4v) is 7.73. The Bertz CT molecular complexity index is 1450. The van der Waals surface area contributed by atoms with Gasteiger partial charge in [-0.05, 0) is 103 Å². The molecule has 0 bridgehead atoms. The second-order valence-electron chi connectivity index (χ2n) is 14.7. The predicted octanol–water partition coefficient (Wildman–Crippen LogP) is 5.88. The summed E-state index contributed by atoms with van der Waals surface area (Å²) < 4.78 is 37.9. The van der Waals surface area contributed by atoms with Gasteiger partial charge in [-0.3, -0.25) is 15.0 Å². The van der Waals surface area contributed by atoms with Gasteiger partial charge in [0.15, 0.2) is 0 Å². The molecule has 3 aliphatic heterocycles. The van der Waals surface area contributed by atoms with Gasteiger partial charge in [0.25, 0.3) is 5.92 Å². The molecule has 4 aliphatic rings. The van der Waals surface area contributed by atoms with Crippen molar-refractivity contribution in [1.82, 2.24) is 24.7 Å². The lowest BCUT2D eigenvalue weighted by molar-refractivity contribution is -0.120. The Balaban J connectivity index is 1.02. The van der Waals surface area contributed by atoms with Crippen LogP contribution in [0.2, 0.25) is 0 Å². The highest BCUT2D eigenvalue weighted by molar-refractivity contribution is 6.06. The average molecular weight is 629 g/mol. The molecule has 10 nitrogen and oxygen atoms in total. The number of pyridine rings is 1. The molecule has 45 heavy (non-hydrogen) atoms. The van der Waals surface area contributed by atoms with Crippen molar-refractivity contribution in [3.8, 4) is 0 Å². The minimum Gasteiger partial charge on any atom is -0.444 e. The first-order chi connectivity index (χ1) is 21.2. The Morgan fingerprint density at radius 3 is 2.42 bits per heavy atom. The van der Waals surface area contributed by atoms with E-state index in [9.17, 15) is 14.4 Å². The normalized spacial score (nSPS) is 24.7. The van der Waals surface area contributed by atoms with Gasteiger partial charge in [-0.15, -0.1) is 0 Å². The van der Waals surface area contributed by atoms with Crippen molar-refractivity contribution in [3.05, 3.63) is 24.0 Å². The zero-order valence-corrected chi connectivity index (χ0v) is 26.9. The number of hydrogen-bond donors (Lipinski definition) is 1. The van der Waals surface area contributed by atoms with E-state index in [0.29, 0.717) is 31.4 Å². The Labute approximate surface area is 263 Å². The van der Waals surface area contributed by atoms with E-state index in [-0.39, 0.29) is 24.2 Å². The average Bonchev–Trinajstić information content (AvgIpc) is 3.30. The number of ether oxygens (including phenoxy) is 1. The Kier molecular flexibility index (Phi) is 8.33. The minimum atomic E-state index is -2.94. The van der Waals surface area contributed by atoms with E-state index >= 15 is 8.78 Å². The van der Waals surface area contributed by atoms with Crippen LogP contribution in [-0.4, -0.2) is 88.2 Å². The molecule has 3 saturated heterocycles. The maximum absolute atomic E-state index is 15.2. The van der Waals surface area contributed by atoms with E-state index < -0.39 is 36.1 Å². The number of aryl methyl sites for hydroxylation is 1. The van der Waals surface area contributed by atoms with Crippen LogP contribution in [0.25, 0.3) is 11.0 Å². The first-order valence-electron chi connectivity index (χ1n) is 16.4. The highest BCUT2D eigenvalue weighted by Gasteiger charge is 2.48. The lowest BCUT2D eigenvalue weighted by Gasteiger charge is -2.47.